The molecule has 2 amide bonds. The van der Waals surface area contributed by atoms with E-state index in [1.807, 2.05) is 18.2 Å². The van der Waals surface area contributed by atoms with E-state index >= 15 is 0 Å². The zero-order valence-electron chi connectivity index (χ0n) is 9.38. The van der Waals surface area contributed by atoms with Crippen molar-refractivity contribution in [2.75, 3.05) is 0 Å². The van der Waals surface area contributed by atoms with Crippen LogP contribution >= 0.6 is 11.8 Å². The van der Waals surface area contributed by atoms with E-state index in [0.717, 1.165) is 28.4 Å². The fourth-order valence-corrected chi connectivity index (χ4v) is 2.39. The molecule has 0 aliphatic carbocycles. The Bertz CT molecular complexity index is 704. The summed E-state index contributed by atoms with van der Waals surface area (Å²) >= 11 is 0.904. The van der Waals surface area contributed by atoms with Crippen molar-refractivity contribution < 1.29 is 9.59 Å². The van der Waals surface area contributed by atoms with Gasteiger partial charge in [-0.15, -0.1) is 5.10 Å². The Hall–Kier alpha value is -2.15. The minimum absolute atomic E-state index is 0.338. The summed E-state index contributed by atoms with van der Waals surface area (Å²) in [4.78, 5) is 22.9. The number of aromatic nitrogens is 3. The van der Waals surface area contributed by atoms with Crippen LogP contribution in [0.15, 0.2) is 23.1 Å². The molecule has 1 aromatic carbocycles. The highest BCUT2D eigenvalue weighted by atomic mass is 32.2. The minimum atomic E-state index is -0.353. The van der Waals surface area contributed by atoms with Crippen LogP contribution in [0.1, 0.15) is 5.56 Å². The van der Waals surface area contributed by atoms with Gasteiger partial charge in [0.05, 0.1) is 10.4 Å². The predicted octanol–water partition coefficient (Wildman–Crippen LogP) is 1.29. The fraction of sp³-hybridized carbons (Fsp3) is 0.0909. The van der Waals surface area contributed by atoms with E-state index < -0.39 is 0 Å². The molecule has 0 unspecified atom stereocenters. The van der Waals surface area contributed by atoms with Crippen molar-refractivity contribution in [2.24, 2.45) is 7.05 Å². The van der Waals surface area contributed by atoms with Crippen LogP contribution in [-0.4, -0.2) is 26.1 Å². The van der Waals surface area contributed by atoms with Crippen LogP contribution in [0.2, 0.25) is 0 Å². The molecule has 1 saturated heterocycles. The third-order valence-electron chi connectivity index (χ3n) is 2.57. The van der Waals surface area contributed by atoms with E-state index in [0.29, 0.717) is 4.91 Å². The Balaban J connectivity index is 2.04. The number of nitrogens with zero attached hydrogens (tertiary/aromatic N) is 3. The van der Waals surface area contributed by atoms with Crippen molar-refractivity contribution in [3.63, 3.8) is 0 Å². The topological polar surface area (TPSA) is 76.9 Å². The quantitative estimate of drug-likeness (QED) is 0.782. The van der Waals surface area contributed by atoms with E-state index in [4.69, 9.17) is 0 Å². The molecule has 1 fully saturated rings. The predicted molar refractivity (Wildman–Crippen MR) is 67.6 cm³/mol. The zero-order chi connectivity index (χ0) is 12.7. The molecule has 0 radical (unpaired) electrons. The second kappa shape index (κ2) is 3.95. The smallest absolute Gasteiger partial charge is 0.282 e. The number of thioether (sulfide) groups is 1. The van der Waals surface area contributed by atoms with Gasteiger partial charge in [0.2, 0.25) is 0 Å². The van der Waals surface area contributed by atoms with Gasteiger partial charge in [0.25, 0.3) is 11.1 Å². The first kappa shape index (κ1) is 11.0. The SMILES string of the molecule is Cn1nnc2ccc(/C=C3\SC(=O)NC3=O)cc21. The molecule has 0 spiro atoms. The summed E-state index contributed by atoms with van der Waals surface area (Å²) in [6.07, 6.45) is 1.68. The van der Waals surface area contributed by atoms with Crippen LogP contribution in [0, 0.1) is 0 Å². The summed E-state index contributed by atoms with van der Waals surface area (Å²) in [6.45, 7) is 0. The molecule has 0 saturated carbocycles. The molecule has 1 aromatic heterocycles. The van der Waals surface area contributed by atoms with Crippen molar-refractivity contribution in [3.8, 4) is 0 Å². The molecule has 2 heterocycles. The van der Waals surface area contributed by atoms with Crippen LogP contribution < -0.4 is 5.32 Å². The van der Waals surface area contributed by atoms with Gasteiger partial charge in [0.1, 0.15) is 5.52 Å². The molecule has 0 atom stereocenters. The molecule has 90 valence electrons. The lowest BCUT2D eigenvalue weighted by molar-refractivity contribution is -0.115. The number of hydrogen-bond acceptors (Lipinski definition) is 5. The van der Waals surface area contributed by atoms with E-state index in [1.165, 1.54) is 0 Å². The van der Waals surface area contributed by atoms with Crippen molar-refractivity contribution in [1.82, 2.24) is 20.3 Å². The molecule has 7 heteroatoms. The molecular formula is C11H8N4O2S. The Kier molecular flexibility index (Phi) is 2.41. The first-order chi connectivity index (χ1) is 8.63. The monoisotopic (exact) mass is 260 g/mol. The Morgan fingerprint density at radius 3 is 2.94 bits per heavy atom. The molecule has 6 nitrogen and oxygen atoms in total. The van der Waals surface area contributed by atoms with Gasteiger partial charge in [-0.2, -0.15) is 0 Å². The average molecular weight is 260 g/mol. The van der Waals surface area contributed by atoms with E-state index in [2.05, 4.69) is 15.6 Å². The number of benzene rings is 1. The maximum absolute atomic E-state index is 11.4. The van der Waals surface area contributed by atoms with Crippen LogP contribution in [-0.2, 0) is 11.8 Å². The van der Waals surface area contributed by atoms with Gasteiger partial charge < -0.3 is 0 Å². The van der Waals surface area contributed by atoms with Gasteiger partial charge in [-0.05, 0) is 35.5 Å². The molecule has 2 aromatic rings. The summed E-state index contributed by atoms with van der Waals surface area (Å²) in [6, 6.07) is 5.54. The summed E-state index contributed by atoms with van der Waals surface area (Å²) in [5.74, 6) is -0.353. The summed E-state index contributed by atoms with van der Waals surface area (Å²) in [5, 5.41) is 9.75. The summed E-state index contributed by atoms with van der Waals surface area (Å²) < 4.78 is 1.66. The van der Waals surface area contributed by atoms with Gasteiger partial charge >= 0.3 is 0 Å². The highest BCUT2D eigenvalue weighted by Gasteiger charge is 2.24. The molecule has 0 bridgehead atoms. The number of aryl methyl sites for hydroxylation is 1. The number of nitrogens with one attached hydrogen (secondary N) is 1. The Morgan fingerprint density at radius 1 is 1.39 bits per heavy atom. The first-order valence-electron chi connectivity index (χ1n) is 5.18. The van der Waals surface area contributed by atoms with E-state index in [-0.39, 0.29) is 11.1 Å². The maximum atomic E-state index is 11.4. The highest BCUT2D eigenvalue weighted by Crippen LogP contribution is 2.26. The van der Waals surface area contributed by atoms with Crippen LogP contribution in [0.3, 0.4) is 0 Å². The first-order valence-corrected chi connectivity index (χ1v) is 5.99. The lowest BCUT2D eigenvalue weighted by Crippen LogP contribution is -2.17. The van der Waals surface area contributed by atoms with E-state index in [1.54, 1.807) is 17.8 Å². The number of fused-ring (bicyclic) bond motifs is 1. The number of carbonyl (C=O) groups excluding carboxylic acids is 2. The normalized spacial score (nSPS) is 17.7. The third-order valence-corrected chi connectivity index (χ3v) is 3.39. The van der Waals surface area contributed by atoms with Crippen LogP contribution in [0.5, 0.6) is 0 Å². The molecule has 18 heavy (non-hydrogen) atoms. The molecule has 3 rings (SSSR count). The van der Waals surface area contributed by atoms with Gasteiger partial charge in [-0.3, -0.25) is 14.9 Å². The largest absolute Gasteiger partial charge is 0.290 e. The van der Waals surface area contributed by atoms with Crippen molar-refractivity contribution in [2.45, 2.75) is 0 Å². The molecule has 1 aliphatic rings. The fourth-order valence-electron chi connectivity index (χ4n) is 1.71. The van der Waals surface area contributed by atoms with Crippen molar-refractivity contribution >= 4 is 40.0 Å². The Morgan fingerprint density at radius 2 is 2.22 bits per heavy atom. The molecule has 1 N–H and O–H groups in total. The van der Waals surface area contributed by atoms with Crippen molar-refractivity contribution in [3.05, 3.63) is 28.7 Å². The van der Waals surface area contributed by atoms with Crippen LogP contribution in [0.4, 0.5) is 4.79 Å². The van der Waals surface area contributed by atoms with E-state index in [9.17, 15) is 9.59 Å². The van der Waals surface area contributed by atoms with Gasteiger partial charge in [0, 0.05) is 7.05 Å². The van der Waals surface area contributed by atoms with Gasteiger partial charge in [-0.25, -0.2) is 4.68 Å². The number of imide groups is 1. The summed E-state index contributed by atoms with van der Waals surface area (Å²) in [5.41, 5.74) is 2.50. The second-order valence-corrected chi connectivity index (χ2v) is 4.83. The summed E-state index contributed by atoms with van der Waals surface area (Å²) in [7, 11) is 1.80. The lowest BCUT2D eigenvalue weighted by Gasteiger charge is -1.96. The Labute approximate surface area is 106 Å². The highest BCUT2D eigenvalue weighted by molar-refractivity contribution is 8.18. The minimum Gasteiger partial charge on any atom is -0.282 e. The number of carbonyl (C=O) groups is 2. The second-order valence-electron chi connectivity index (χ2n) is 3.81. The number of rotatable bonds is 1. The standard InChI is InChI=1S/C11H8N4O2S/c1-15-8-4-6(2-3-7(8)13-14-15)5-9-10(16)12-11(17)18-9/h2-5H,1H3,(H,12,16,17)/b9-5-. The lowest BCUT2D eigenvalue weighted by atomic mass is 10.2. The van der Waals surface area contributed by atoms with Gasteiger partial charge in [-0.1, -0.05) is 11.3 Å². The average Bonchev–Trinajstić information content (AvgIpc) is 2.84. The third kappa shape index (κ3) is 1.78. The number of hydrogen-bond donors (Lipinski definition) is 1. The maximum Gasteiger partial charge on any atom is 0.290 e. The molecular weight excluding hydrogens is 252 g/mol. The van der Waals surface area contributed by atoms with Crippen molar-refractivity contribution in [1.29, 1.82) is 0 Å². The molecule has 1 aliphatic heterocycles. The van der Waals surface area contributed by atoms with Crippen LogP contribution in [0.25, 0.3) is 17.1 Å². The zero-order valence-corrected chi connectivity index (χ0v) is 10.2. The number of amides is 2. The van der Waals surface area contributed by atoms with Gasteiger partial charge in [0.15, 0.2) is 0 Å².